The number of carbonyl (C=O) groups is 3. The molecule has 1 aromatic carbocycles. The molecule has 2 saturated heterocycles. The van der Waals surface area contributed by atoms with Crippen LogP contribution in [0.3, 0.4) is 0 Å². The van der Waals surface area contributed by atoms with Crippen LogP contribution in [0.25, 0.3) is 10.2 Å². The van der Waals surface area contributed by atoms with Crippen molar-refractivity contribution in [3.8, 4) is 5.75 Å². The number of likely N-dealkylation sites (tertiary alicyclic amines) is 1. The highest BCUT2D eigenvalue weighted by Crippen LogP contribution is 2.37. The average Bonchev–Trinajstić information content (AvgIpc) is 3.37. The highest BCUT2D eigenvalue weighted by Gasteiger charge is 2.42. The summed E-state index contributed by atoms with van der Waals surface area (Å²) in [7, 11) is 0. The van der Waals surface area contributed by atoms with E-state index in [0.717, 1.165) is 28.8 Å². The van der Waals surface area contributed by atoms with Crippen LogP contribution in [0.4, 0.5) is 5.13 Å². The number of anilines is 1. The third-order valence-corrected chi connectivity index (χ3v) is 9.76. The van der Waals surface area contributed by atoms with E-state index in [1.54, 1.807) is 0 Å². The Morgan fingerprint density at radius 1 is 1.23 bits per heavy atom. The number of benzene rings is 1. The van der Waals surface area contributed by atoms with Crippen LogP contribution in [0.5, 0.6) is 5.75 Å². The maximum absolute atomic E-state index is 13.9. The van der Waals surface area contributed by atoms with E-state index in [0.29, 0.717) is 63.7 Å². The minimum Gasteiger partial charge on any atom is -0.494 e. The maximum atomic E-state index is 13.9. The van der Waals surface area contributed by atoms with Crippen molar-refractivity contribution >= 4 is 44.4 Å². The van der Waals surface area contributed by atoms with E-state index in [2.05, 4.69) is 51.8 Å². The molecule has 5 rings (SSSR count). The minimum atomic E-state index is -0.619. The average molecular weight is 612 g/mol. The maximum Gasteiger partial charge on any atom is 0.242 e. The van der Waals surface area contributed by atoms with Crippen molar-refractivity contribution in [3.05, 3.63) is 30.4 Å². The molecule has 234 valence electrons. The zero-order valence-corrected chi connectivity index (χ0v) is 26.3. The van der Waals surface area contributed by atoms with Crippen LogP contribution in [0.2, 0.25) is 0 Å². The van der Waals surface area contributed by atoms with Crippen LogP contribution >= 0.6 is 11.3 Å². The van der Waals surface area contributed by atoms with Crippen molar-refractivity contribution in [1.82, 2.24) is 20.5 Å². The van der Waals surface area contributed by atoms with Crippen molar-refractivity contribution in [1.29, 1.82) is 0 Å². The van der Waals surface area contributed by atoms with E-state index < -0.39 is 11.5 Å². The number of fused-ring (bicyclic) bond motifs is 2. The molecule has 0 unspecified atom stereocenters. The minimum absolute atomic E-state index is 0.0514. The summed E-state index contributed by atoms with van der Waals surface area (Å²) in [4.78, 5) is 46.9. The summed E-state index contributed by atoms with van der Waals surface area (Å²) in [6.45, 7) is 9.41. The molecule has 2 fully saturated rings. The van der Waals surface area contributed by atoms with Gasteiger partial charge < -0.3 is 25.4 Å². The third kappa shape index (κ3) is 7.93. The molecule has 0 radical (unpaired) electrons. The molecule has 3 amide bonds. The van der Waals surface area contributed by atoms with E-state index in [1.165, 1.54) is 11.3 Å². The van der Waals surface area contributed by atoms with Crippen molar-refractivity contribution in [2.24, 2.45) is 17.3 Å². The van der Waals surface area contributed by atoms with E-state index in [1.807, 2.05) is 25.1 Å². The van der Waals surface area contributed by atoms with E-state index in [4.69, 9.17) is 9.47 Å². The Morgan fingerprint density at radius 3 is 2.81 bits per heavy atom. The molecule has 3 atom stereocenters. The SMILES string of the molecule is CCOc1ccc2nc(NC(=O)CN3CCC4(C/C=C/C[C@H]5COCC[C@H]5NC(=O)[C@H](CC(C)C)NC4=O)CC3)sc2c1. The fourth-order valence-electron chi connectivity index (χ4n) is 6.34. The number of ether oxygens (including phenoxy) is 2. The smallest absolute Gasteiger partial charge is 0.242 e. The first-order valence-corrected chi connectivity index (χ1v) is 16.5. The van der Waals surface area contributed by atoms with Crippen molar-refractivity contribution in [3.63, 3.8) is 0 Å². The standard InChI is InChI=1S/C32H45N5O5S/c1-4-42-23-8-9-25-27(18-23)43-31(35-25)36-28(38)19-37-14-12-32(13-15-37)11-6-5-7-22-20-41-16-10-24(22)33-29(39)26(17-21(2)3)34-30(32)40/h5-6,8-9,18,21-22,24,26H,4,7,10-17,19-20H2,1-3H3,(H,33,39)(H,34,40)(H,35,36,38)/b6-5+/t22-,24+,26-/m0/s1. The van der Waals surface area contributed by atoms with Gasteiger partial charge in [0.15, 0.2) is 5.13 Å². The van der Waals surface area contributed by atoms with Gasteiger partial charge in [0.2, 0.25) is 17.7 Å². The summed E-state index contributed by atoms with van der Waals surface area (Å²) in [5.74, 6) is 0.979. The Kier molecular flexibility index (Phi) is 10.4. The van der Waals surface area contributed by atoms with E-state index in [-0.39, 0.29) is 42.1 Å². The van der Waals surface area contributed by atoms with Crippen LogP contribution in [0.15, 0.2) is 30.4 Å². The summed E-state index contributed by atoms with van der Waals surface area (Å²) >= 11 is 1.43. The molecule has 0 saturated carbocycles. The number of allylic oxidation sites excluding steroid dienone is 2. The lowest BCUT2D eigenvalue weighted by Crippen LogP contribution is -2.57. The highest BCUT2D eigenvalue weighted by atomic mass is 32.1. The summed E-state index contributed by atoms with van der Waals surface area (Å²) in [6, 6.07) is 5.20. The van der Waals surface area contributed by atoms with Gasteiger partial charge in [0.25, 0.3) is 0 Å². The van der Waals surface area contributed by atoms with Gasteiger partial charge in [-0.25, -0.2) is 4.98 Å². The number of thiazole rings is 1. The summed E-state index contributed by atoms with van der Waals surface area (Å²) in [5.41, 5.74) is 0.201. The Bertz CT molecular complexity index is 1320. The van der Waals surface area contributed by atoms with Crippen molar-refractivity contribution in [2.75, 3.05) is 44.8 Å². The zero-order chi connectivity index (χ0) is 30.4. The predicted octanol–water partition coefficient (Wildman–Crippen LogP) is 4.12. The summed E-state index contributed by atoms with van der Waals surface area (Å²) in [6.07, 6.45) is 8.31. The lowest BCUT2D eigenvalue weighted by atomic mass is 9.74. The first-order valence-electron chi connectivity index (χ1n) is 15.6. The van der Waals surface area contributed by atoms with Crippen molar-refractivity contribution < 1.29 is 23.9 Å². The second kappa shape index (κ2) is 14.2. The highest BCUT2D eigenvalue weighted by molar-refractivity contribution is 7.22. The molecule has 0 aliphatic carbocycles. The van der Waals surface area contributed by atoms with Crippen LogP contribution in [-0.2, 0) is 19.1 Å². The number of nitrogens with zero attached hydrogens (tertiary/aromatic N) is 2. The second-order valence-corrected chi connectivity index (χ2v) is 13.5. The molecule has 3 aliphatic rings. The normalized spacial score (nSPS) is 25.7. The van der Waals surface area contributed by atoms with Gasteiger partial charge in [-0.3, -0.25) is 19.3 Å². The Morgan fingerprint density at radius 2 is 2.05 bits per heavy atom. The number of nitrogens with one attached hydrogen (secondary N) is 3. The van der Waals surface area contributed by atoms with Gasteiger partial charge in [-0.05, 0) is 82.7 Å². The summed E-state index contributed by atoms with van der Waals surface area (Å²) < 4.78 is 12.3. The van der Waals surface area contributed by atoms with E-state index in [9.17, 15) is 14.4 Å². The molecule has 1 spiro atoms. The fraction of sp³-hybridized carbons (Fsp3) is 0.625. The largest absolute Gasteiger partial charge is 0.494 e. The molecular formula is C32H45N5O5S. The number of amides is 3. The van der Waals surface area contributed by atoms with Gasteiger partial charge in [0, 0.05) is 18.6 Å². The van der Waals surface area contributed by atoms with Gasteiger partial charge in [0.05, 0.1) is 35.4 Å². The monoisotopic (exact) mass is 611 g/mol. The number of aromatic nitrogens is 1. The van der Waals surface area contributed by atoms with Crippen LogP contribution in [0.1, 0.15) is 59.3 Å². The fourth-order valence-corrected chi connectivity index (χ4v) is 7.25. The van der Waals surface area contributed by atoms with Crippen LogP contribution < -0.4 is 20.7 Å². The number of rotatable bonds is 7. The number of carbonyl (C=O) groups excluding carboxylic acids is 3. The first-order chi connectivity index (χ1) is 20.7. The first kappa shape index (κ1) is 31.4. The molecule has 43 heavy (non-hydrogen) atoms. The molecule has 1 aromatic heterocycles. The van der Waals surface area contributed by atoms with Crippen LogP contribution in [0, 0.1) is 17.3 Å². The number of piperidine rings is 1. The Balaban J connectivity index is 1.23. The van der Waals surface area contributed by atoms with Gasteiger partial charge >= 0.3 is 0 Å². The molecule has 11 heteroatoms. The molecular weight excluding hydrogens is 566 g/mol. The molecule has 3 aliphatic heterocycles. The molecule has 10 nitrogen and oxygen atoms in total. The lowest BCUT2D eigenvalue weighted by Gasteiger charge is -2.41. The quantitative estimate of drug-likeness (QED) is 0.403. The number of hydrogen-bond acceptors (Lipinski definition) is 8. The molecule has 4 heterocycles. The summed E-state index contributed by atoms with van der Waals surface area (Å²) in [5, 5.41) is 9.90. The van der Waals surface area contributed by atoms with Crippen LogP contribution in [-0.4, -0.2) is 79.1 Å². The lowest BCUT2D eigenvalue weighted by molar-refractivity contribution is -0.138. The topological polar surface area (TPSA) is 122 Å². The molecule has 0 bridgehead atoms. The molecule has 3 N–H and O–H groups in total. The van der Waals surface area contributed by atoms with Crippen molar-refractivity contribution in [2.45, 2.75) is 71.4 Å². The van der Waals surface area contributed by atoms with Gasteiger partial charge in [-0.2, -0.15) is 0 Å². The second-order valence-electron chi connectivity index (χ2n) is 12.5. The Hall–Kier alpha value is -3.02. The molecule has 2 aromatic rings. The number of hydrogen-bond donors (Lipinski definition) is 3. The van der Waals surface area contributed by atoms with E-state index >= 15 is 0 Å². The predicted molar refractivity (Wildman–Crippen MR) is 168 cm³/mol. The van der Waals surface area contributed by atoms with Gasteiger partial charge in [-0.1, -0.05) is 37.3 Å². The zero-order valence-electron chi connectivity index (χ0n) is 25.5. The third-order valence-electron chi connectivity index (χ3n) is 8.82. The van der Waals surface area contributed by atoms with Gasteiger partial charge in [0.1, 0.15) is 11.8 Å². The Labute approximate surface area is 258 Å². The van der Waals surface area contributed by atoms with Gasteiger partial charge in [-0.15, -0.1) is 0 Å².